The molecule has 1 aliphatic rings. The maximum Gasteiger partial charge on any atom is 0.416 e. The molecule has 134 valence electrons. The molecule has 0 saturated carbocycles. The van der Waals surface area contributed by atoms with E-state index in [0.29, 0.717) is 12.1 Å². The highest BCUT2D eigenvalue weighted by molar-refractivity contribution is 5.78. The van der Waals surface area contributed by atoms with Crippen molar-refractivity contribution in [2.75, 3.05) is 39.8 Å². The molecule has 24 heavy (non-hydrogen) atoms. The third-order valence-electron chi connectivity index (χ3n) is 4.37. The smallest absolute Gasteiger partial charge is 0.354 e. The molecule has 0 aliphatic carbocycles. The van der Waals surface area contributed by atoms with Crippen LogP contribution in [0.4, 0.5) is 13.2 Å². The van der Waals surface area contributed by atoms with Gasteiger partial charge in [-0.2, -0.15) is 13.2 Å². The minimum Gasteiger partial charge on any atom is -0.354 e. The molecule has 1 amide bonds. The zero-order valence-corrected chi connectivity index (χ0v) is 14.1. The summed E-state index contributed by atoms with van der Waals surface area (Å²) in [5.41, 5.74) is -0.354. The van der Waals surface area contributed by atoms with Gasteiger partial charge in [0, 0.05) is 38.8 Å². The molecule has 0 spiro atoms. The molecule has 7 heteroatoms. The molecule has 1 atom stereocenters. The quantitative estimate of drug-likeness (QED) is 0.888. The lowest BCUT2D eigenvalue weighted by molar-refractivity contribution is -0.137. The van der Waals surface area contributed by atoms with E-state index >= 15 is 0 Å². The minimum absolute atomic E-state index is 0.0423. The maximum atomic E-state index is 12.7. The van der Waals surface area contributed by atoms with Crippen LogP contribution in [-0.4, -0.2) is 61.5 Å². The van der Waals surface area contributed by atoms with Crippen molar-refractivity contribution in [3.8, 4) is 0 Å². The first-order valence-electron chi connectivity index (χ1n) is 8.11. The van der Waals surface area contributed by atoms with E-state index < -0.39 is 11.7 Å². The van der Waals surface area contributed by atoms with Crippen molar-refractivity contribution < 1.29 is 18.0 Å². The van der Waals surface area contributed by atoms with Gasteiger partial charge in [-0.25, -0.2) is 0 Å². The van der Waals surface area contributed by atoms with Crippen molar-refractivity contribution in [3.05, 3.63) is 35.4 Å². The number of nitrogens with zero attached hydrogens (tertiary/aromatic N) is 2. The number of alkyl halides is 3. The van der Waals surface area contributed by atoms with Crippen LogP contribution in [0.15, 0.2) is 24.3 Å². The van der Waals surface area contributed by atoms with E-state index in [4.69, 9.17) is 0 Å². The lowest BCUT2D eigenvalue weighted by Crippen LogP contribution is -2.51. The number of piperazine rings is 1. The third-order valence-corrected chi connectivity index (χ3v) is 4.37. The van der Waals surface area contributed by atoms with Crippen molar-refractivity contribution >= 4 is 5.91 Å². The van der Waals surface area contributed by atoms with Crippen LogP contribution in [0.25, 0.3) is 0 Å². The van der Waals surface area contributed by atoms with Crippen molar-refractivity contribution in [1.82, 2.24) is 15.1 Å². The third kappa shape index (κ3) is 5.49. The number of likely N-dealkylation sites (N-methyl/N-ethyl adjacent to an activating group) is 1. The number of hydrogen-bond acceptors (Lipinski definition) is 3. The Labute approximate surface area is 140 Å². The summed E-state index contributed by atoms with van der Waals surface area (Å²) in [6.07, 6.45) is -4.43. The number of benzene rings is 1. The summed E-state index contributed by atoms with van der Waals surface area (Å²) < 4.78 is 38.0. The topological polar surface area (TPSA) is 35.6 Å². The van der Waals surface area contributed by atoms with Gasteiger partial charge in [0.2, 0.25) is 5.91 Å². The monoisotopic (exact) mass is 343 g/mol. The van der Waals surface area contributed by atoms with Crippen LogP contribution in [0.3, 0.4) is 0 Å². The molecule has 1 N–H and O–H groups in total. The van der Waals surface area contributed by atoms with E-state index in [1.807, 2.05) is 0 Å². The van der Waals surface area contributed by atoms with Gasteiger partial charge in [0.05, 0.1) is 12.0 Å². The molecular formula is C17H24F3N3O. The van der Waals surface area contributed by atoms with Gasteiger partial charge >= 0.3 is 6.18 Å². The Balaban J connectivity index is 1.81. The maximum absolute atomic E-state index is 12.7. The molecule has 2 rings (SSSR count). The van der Waals surface area contributed by atoms with E-state index in [1.54, 1.807) is 6.07 Å². The lowest BCUT2D eigenvalue weighted by atomic mass is 10.1. The predicted octanol–water partition coefficient (Wildman–Crippen LogP) is 2.00. The molecule has 1 aromatic rings. The van der Waals surface area contributed by atoms with Gasteiger partial charge < -0.3 is 10.2 Å². The van der Waals surface area contributed by atoms with Gasteiger partial charge in [-0.3, -0.25) is 9.69 Å². The number of amides is 1. The van der Waals surface area contributed by atoms with Crippen LogP contribution in [-0.2, 0) is 17.4 Å². The predicted molar refractivity (Wildman–Crippen MR) is 86.7 cm³/mol. The number of carbonyl (C=O) groups is 1. The average Bonchev–Trinajstić information content (AvgIpc) is 2.53. The molecule has 0 radical (unpaired) electrons. The molecular weight excluding hydrogens is 319 g/mol. The van der Waals surface area contributed by atoms with Crippen LogP contribution < -0.4 is 5.32 Å². The molecule has 4 nitrogen and oxygen atoms in total. The zero-order chi connectivity index (χ0) is 17.7. The molecule has 1 unspecified atom stereocenters. The highest BCUT2D eigenvalue weighted by atomic mass is 19.4. The second-order valence-corrected chi connectivity index (χ2v) is 6.37. The zero-order valence-electron chi connectivity index (χ0n) is 14.1. The number of halogens is 3. The SMILES string of the molecule is CC(CNC(=O)Cc1cccc(C(F)(F)F)c1)N1CCN(C)CC1. The molecule has 1 heterocycles. The van der Waals surface area contributed by atoms with Gasteiger partial charge in [-0.05, 0) is 25.6 Å². The minimum atomic E-state index is -4.39. The molecule has 1 saturated heterocycles. The summed E-state index contributed by atoms with van der Waals surface area (Å²) >= 11 is 0. The summed E-state index contributed by atoms with van der Waals surface area (Å²) in [5.74, 6) is -0.254. The second kappa shape index (κ2) is 7.98. The van der Waals surface area contributed by atoms with Gasteiger partial charge in [0.15, 0.2) is 0 Å². The van der Waals surface area contributed by atoms with E-state index in [2.05, 4.69) is 29.1 Å². The number of carbonyl (C=O) groups excluding carboxylic acids is 1. The van der Waals surface area contributed by atoms with Crippen LogP contribution >= 0.6 is 0 Å². The summed E-state index contributed by atoms with van der Waals surface area (Å²) in [6, 6.07) is 5.13. The number of nitrogens with one attached hydrogen (secondary N) is 1. The molecule has 1 aliphatic heterocycles. The van der Waals surface area contributed by atoms with Crippen molar-refractivity contribution in [1.29, 1.82) is 0 Å². The Hall–Kier alpha value is -1.60. The average molecular weight is 343 g/mol. The summed E-state index contributed by atoms with van der Waals surface area (Å²) in [5, 5.41) is 2.82. The van der Waals surface area contributed by atoms with Crippen LogP contribution in [0, 0.1) is 0 Å². The first-order valence-corrected chi connectivity index (χ1v) is 8.11. The number of hydrogen-bond donors (Lipinski definition) is 1. The summed E-state index contributed by atoms with van der Waals surface area (Å²) in [4.78, 5) is 16.6. The molecule has 1 fully saturated rings. The Morgan fingerprint density at radius 1 is 1.25 bits per heavy atom. The summed E-state index contributed by atoms with van der Waals surface area (Å²) in [7, 11) is 2.08. The lowest BCUT2D eigenvalue weighted by Gasteiger charge is -2.36. The fourth-order valence-electron chi connectivity index (χ4n) is 2.76. The van der Waals surface area contributed by atoms with Crippen LogP contribution in [0.2, 0.25) is 0 Å². The highest BCUT2D eigenvalue weighted by Crippen LogP contribution is 2.29. The standard InChI is InChI=1S/C17H24F3N3O/c1-13(23-8-6-22(2)7-9-23)12-21-16(24)11-14-4-3-5-15(10-14)17(18,19)20/h3-5,10,13H,6-9,11-12H2,1-2H3,(H,21,24). The van der Waals surface area contributed by atoms with Gasteiger partial charge in [0.1, 0.15) is 0 Å². The van der Waals surface area contributed by atoms with E-state index in [-0.39, 0.29) is 18.4 Å². The van der Waals surface area contributed by atoms with Crippen LogP contribution in [0.5, 0.6) is 0 Å². The first kappa shape index (κ1) is 18.7. The Kier molecular flexibility index (Phi) is 6.23. The van der Waals surface area contributed by atoms with Crippen molar-refractivity contribution in [2.45, 2.75) is 25.6 Å². The fraction of sp³-hybridized carbons (Fsp3) is 0.588. The number of rotatable bonds is 5. The molecule has 1 aromatic carbocycles. The summed E-state index contributed by atoms with van der Waals surface area (Å²) in [6.45, 7) is 6.48. The van der Waals surface area contributed by atoms with E-state index in [9.17, 15) is 18.0 Å². The van der Waals surface area contributed by atoms with Gasteiger partial charge in [-0.1, -0.05) is 18.2 Å². The Bertz CT molecular complexity index is 554. The first-order chi connectivity index (χ1) is 11.3. The molecule has 0 aromatic heterocycles. The Morgan fingerprint density at radius 2 is 1.92 bits per heavy atom. The second-order valence-electron chi connectivity index (χ2n) is 6.37. The van der Waals surface area contributed by atoms with E-state index in [0.717, 1.165) is 38.3 Å². The highest BCUT2D eigenvalue weighted by Gasteiger charge is 2.30. The van der Waals surface area contributed by atoms with Crippen molar-refractivity contribution in [3.63, 3.8) is 0 Å². The normalized spacial score (nSPS) is 18.4. The van der Waals surface area contributed by atoms with E-state index in [1.165, 1.54) is 6.07 Å². The van der Waals surface area contributed by atoms with Gasteiger partial charge in [-0.15, -0.1) is 0 Å². The van der Waals surface area contributed by atoms with Crippen molar-refractivity contribution in [2.24, 2.45) is 0 Å². The fourth-order valence-corrected chi connectivity index (χ4v) is 2.76. The molecule has 0 bridgehead atoms. The van der Waals surface area contributed by atoms with Crippen LogP contribution in [0.1, 0.15) is 18.1 Å². The van der Waals surface area contributed by atoms with Gasteiger partial charge in [0.25, 0.3) is 0 Å². The Morgan fingerprint density at radius 3 is 2.54 bits per heavy atom. The largest absolute Gasteiger partial charge is 0.416 e.